The summed E-state index contributed by atoms with van der Waals surface area (Å²) in [4.78, 5) is 0. The third kappa shape index (κ3) is 3.92. The van der Waals surface area contributed by atoms with Gasteiger partial charge in [-0.1, -0.05) is 41.6 Å². The van der Waals surface area contributed by atoms with Crippen molar-refractivity contribution in [3.8, 4) is 17.0 Å². The summed E-state index contributed by atoms with van der Waals surface area (Å²) in [5, 5.41) is 20.0. The van der Waals surface area contributed by atoms with Crippen LogP contribution in [0.1, 0.15) is 11.1 Å². The van der Waals surface area contributed by atoms with Gasteiger partial charge < -0.3 is 19.7 Å². The Balaban J connectivity index is 1.15. The molecule has 2 heterocycles. The van der Waals surface area contributed by atoms with Crippen LogP contribution in [0.5, 0.6) is 5.75 Å². The monoisotopic (exact) mass is 406 g/mol. The summed E-state index contributed by atoms with van der Waals surface area (Å²) in [6.45, 7) is 0.751. The van der Waals surface area contributed by atoms with Crippen LogP contribution in [-0.2, 0) is 12.8 Å². The van der Waals surface area contributed by atoms with Gasteiger partial charge in [0, 0.05) is 18.2 Å². The van der Waals surface area contributed by atoms with Crippen LogP contribution in [0.3, 0.4) is 0 Å². The lowest BCUT2D eigenvalue weighted by Crippen LogP contribution is -2.38. The molecule has 0 fully saturated rings. The molecule has 29 heavy (non-hydrogen) atoms. The summed E-state index contributed by atoms with van der Waals surface area (Å²) in [7, 11) is 0. The molecule has 0 spiro atoms. The van der Waals surface area contributed by atoms with Gasteiger partial charge >= 0.3 is 0 Å². The van der Waals surface area contributed by atoms with Crippen LogP contribution >= 0.6 is 11.3 Å². The van der Waals surface area contributed by atoms with Gasteiger partial charge in [-0.25, -0.2) is 0 Å². The number of fused-ring (bicyclic) bond motifs is 2. The van der Waals surface area contributed by atoms with Gasteiger partial charge in [-0.2, -0.15) is 0 Å². The van der Waals surface area contributed by atoms with Crippen molar-refractivity contribution < 1.29 is 14.4 Å². The Morgan fingerprint density at radius 3 is 2.79 bits per heavy atom. The minimum Gasteiger partial charge on any atom is -0.491 e. The number of rotatable bonds is 7. The Labute approximate surface area is 172 Å². The van der Waals surface area contributed by atoms with E-state index in [0.717, 1.165) is 34.4 Å². The first-order valence-electron chi connectivity index (χ1n) is 9.80. The summed E-state index contributed by atoms with van der Waals surface area (Å²) < 4.78 is 12.2. The average Bonchev–Trinajstić information content (AvgIpc) is 3.45. The number of thiophene rings is 1. The molecule has 0 unspecified atom stereocenters. The summed E-state index contributed by atoms with van der Waals surface area (Å²) in [6.07, 6.45) is 1.46. The first-order chi connectivity index (χ1) is 14.3. The first kappa shape index (κ1) is 18.4. The zero-order valence-electron chi connectivity index (χ0n) is 15.9. The van der Waals surface area contributed by atoms with Gasteiger partial charge in [0.2, 0.25) is 0 Å². The quantitative estimate of drug-likeness (QED) is 0.485. The Hall–Kier alpha value is -2.67. The van der Waals surface area contributed by atoms with E-state index in [2.05, 4.69) is 34.7 Å². The first-order valence-corrected chi connectivity index (χ1v) is 10.7. The van der Waals surface area contributed by atoms with Crippen LogP contribution in [0, 0.1) is 0 Å². The normalized spacial score (nSPS) is 14.9. The minimum absolute atomic E-state index is 0.239. The Bertz CT molecular complexity index is 1090. The van der Waals surface area contributed by atoms with E-state index in [-0.39, 0.29) is 6.61 Å². The highest BCUT2D eigenvalue weighted by Crippen LogP contribution is 2.33. The Morgan fingerprint density at radius 2 is 1.97 bits per heavy atom. The van der Waals surface area contributed by atoms with Gasteiger partial charge in [-0.3, -0.25) is 0 Å². The van der Waals surface area contributed by atoms with Gasteiger partial charge in [-0.15, -0.1) is 11.3 Å². The van der Waals surface area contributed by atoms with Crippen molar-refractivity contribution >= 4 is 21.6 Å². The molecular formula is C23H22N2O3S. The Morgan fingerprint density at radius 1 is 1.14 bits per heavy atom. The van der Waals surface area contributed by atoms with E-state index in [1.165, 1.54) is 11.1 Å². The molecule has 2 aromatic carbocycles. The van der Waals surface area contributed by atoms with Crippen molar-refractivity contribution in [3.05, 3.63) is 71.1 Å². The summed E-state index contributed by atoms with van der Waals surface area (Å²) in [5.74, 6) is 0.711. The van der Waals surface area contributed by atoms with E-state index in [1.807, 2.05) is 35.7 Å². The number of nitrogens with one attached hydrogen (secondary N) is 1. The van der Waals surface area contributed by atoms with Crippen molar-refractivity contribution in [1.29, 1.82) is 0 Å². The fourth-order valence-corrected chi connectivity index (χ4v) is 4.67. The molecule has 0 aliphatic heterocycles. The molecule has 1 aliphatic carbocycles. The largest absolute Gasteiger partial charge is 0.491 e. The second-order valence-corrected chi connectivity index (χ2v) is 8.34. The third-order valence-corrected chi connectivity index (χ3v) is 6.22. The van der Waals surface area contributed by atoms with E-state index < -0.39 is 6.10 Å². The van der Waals surface area contributed by atoms with Crippen LogP contribution in [0.4, 0.5) is 0 Å². The summed E-state index contributed by atoms with van der Waals surface area (Å²) in [6, 6.07) is 18.6. The van der Waals surface area contributed by atoms with Gasteiger partial charge in [0.1, 0.15) is 28.9 Å². The van der Waals surface area contributed by atoms with Crippen molar-refractivity contribution in [3.63, 3.8) is 0 Å². The predicted octanol–water partition coefficient (Wildman–Crippen LogP) is 4.05. The maximum atomic E-state index is 10.3. The summed E-state index contributed by atoms with van der Waals surface area (Å²) >= 11 is 1.61. The standard InChI is InChI=1S/C23H22N2O3S/c26-19(13-24-18-10-15-4-1-2-5-16(15)11-18)14-27-20-7-3-6-17(12-20)22-23-21(28-25-22)8-9-29-23/h1-9,12,18-19,24,26H,10-11,13-14H2/t19-/m1/s1. The van der Waals surface area contributed by atoms with Gasteiger partial charge in [0.05, 0.1) is 0 Å². The smallest absolute Gasteiger partial charge is 0.178 e. The zero-order valence-corrected chi connectivity index (χ0v) is 16.7. The lowest BCUT2D eigenvalue weighted by Gasteiger charge is -2.17. The molecule has 0 saturated carbocycles. The second kappa shape index (κ2) is 7.99. The maximum Gasteiger partial charge on any atom is 0.178 e. The number of ether oxygens (including phenoxy) is 1. The van der Waals surface area contributed by atoms with Crippen molar-refractivity contribution in [2.24, 2.45) is 0 Å². The minimum atomic E-state index is -0.571. The van der Waals surface area contributed by atoms with Crippen molar-refractivity contribution in [1.82, 2.24) is 10.5 Å². The molecule has 0 radical (unpaired) electrons. The number of aliphatic hydroxyl groups excluding tert-OH is 1. The van der Waals surface area contributed by atoms with Crippen LogP contribution < -0.4 is 10.1 Å². The van der Waals surface area contributed by atoms with E-state index in [1.54, 1.807) is 11.3 Å². The molecule has 5 rings (SSSR count). The number of aliphatic hydroxyl groups is 1. The molecule has 0 saturated heterocycles. The third-order valence-electron chi connectivity index (χ3n) is 5.32. The molecule has 5 nitrogen and oxygen atoms in total. The molecule has 2 aromatic heterocycles. The topological polar surface area (TPSA) is 67.5 Å². The van der Waals surface area contributed by atoms with Gasteiger partial charge in [-0.05, 0) is 47.5 Å². The van der Waals surface area contributed by atoms with Crippen LogP contribution in [0.25, 0.3) is 21.5 Å². The summed E-state index contributed by atoms with van der Waals surface area (Å²) in [5.41, 5.74) is 5.37. The van der Waals surface area contributed by atoms with E-state index >= 15 is 0 Å². The molecule has 1 aliphatic rings. The lowest BCUT2D eigenvalue weighted by molar-refractivity contribution is 0.104. The van der Waals surface area contributed by atoms with Crippen molar-refractivity contribution in [2.45, 2.75) is 25.0 Å². The molecule has 0 bridgehead atoms. The highest BCUT2D eigenvalue weighted by Gasteiger charge is 2.21. The SMILES string of the molecule is O[C@H](CNC1Cc2ccccc2C1)COc1cccc(-c2noc3ccsc23)c1. The number of benzene rings is 2. The van der Waals surface area contributed by atoms with Crippen LogP contribution in [-0.4, -0.2) is 35.6 Å². The molecule has 0 amide bonds. The van der Waals surface area contributed by atoms with Crippen molar-refractivity contribution in [2.75, 3.05) is 13.2 Å². The molecule has 4 aromatic rings. The fraction of sp³-hybridized carbons (Fsp3) is 0.261. The van der Waals surface area contributed by atoms with Gasteiger partial charge in [0.15, 0.2) is 5.58 Å². The maximum absolute atomic E-state index is 10.3. The number of hydrogen-bond donors (Lipinski definition) is 2. The highest BCUT2D eigenvalue weighted by molar-refractivity contribution is 7.17. The molecule has 1 atom stereocenters. The van der Waals surface area contributed by atoms with Crippen LogP contribution in [0.15, 0.2) is 64.5 Å². The Kier molecular flexibility index (Phi) is 5.06. The van der Waals surface area contributed by atoms with Crippen LogP contribution in [0.2, 0.25) is 0 Å². The predicted molar refractivity (Wildman–Crippen MR) is 114 cm³/mol. The van der Waals surface area contributed by atoms with Gasteiger partial charge in [0.25, 0.3) is 0 Å². The molecule has 6 heteroatoms. The average molecular weight is 407 g/mol. The zero-order chi connectivity index (χ0) is 19.6. The molecule has 2 N–H and O–H groups in total. The number of hydrogen-bond acceptors (Lipinski definition) is 6. The highest BCUT2D eigenvalue weighted by atomic mass is 32.1. The lowest BCUT2D eigenvalue weighted by atomic mass is 10.1. The van der Waals surface area contributed by atoms with E-state index in [0.29, 0.717) is 18.3 Å². The van der Waals surface area contributed by atoms with E-state index in [4.69, 9.17) is 9.26 Å². The number of aromatic nitrogens is 1. The van der Waals surface area contributed by atoms with E-state index in [9.17, 15) is 5.11 Å². The number of nitrogens with zero attached hydrogens (tertiary/aromatic N) is 1. The molecular weight excluding hydrogens is 384 g/mol. The second-order valence-electron chi connectivity index (χ2n) is 7.42. The molecule has 148 valence electrons. The fourth-order valence-electron chi connectivity index (χ4n) is 3.85.